The van der Waals surface area contributed by atoms with E-state index in [-0.39, 0.29) is 6.03 Å². The van der Waals surface area contributed by atoms with Crippen molar-refractivity contribution in [3.8, 4) is 0 Å². The molecule has 3 nitrogen and oxygen atoms in total. The molecular formula is C11H9BrN2OS. The smallest absolute Gasteiger partial charge is 0.308 e. The summed E-state index contributed by atoms with van der Waals surface area (Å²) in [4.78, 5) is 11.6. The van der Waals surface area contributed by atoms with Crippen LogP contribution in [0.15, 0.2) is 46.3 Å². The molecule has 1 aromatic heterocycles. The van der Waals surface area contributed by atoms with Gasteiger partial charge in [0, 0.05) is 10.2 Å². The zero-order valence-corrected chi connectivity index (χ0v) is 10.6. The second-order valence-electron chi connectivity index (χ2n) is 3.07. The van der Waals surface area contributed by atoms with Gasteiger partial charge in [0.2, 0.25) is 0 Å². The van der Waals surface area contributed by atoms with Gasteiger partial charge in [0.05, 0.1) is 5.00 Å². The first kappa shape index (κ1) is 11.2. The first-order valence-electron chi connectivity index (χ1n) is 4.61. The number of amides is 2. The summed E-state index contributed by atoms with van der Waals surface area (Å²) >= 11 is 4.83. The molecule has 0 unspecified atom stereocenters. The Morgan fingerprint density at radius 2 is 2.06 bits per heavy atom. The Morgan fingerprint density at radius 3 is 2.75 bits per heavy atom. The van der Waals surface area contributed by atoms with Gasteiger partial charge in [-0.2, -0.15) is 0 Å². The molecule has 0 saturated carbocycles. The van der Waals surface area contributed by atoms with Gasteiger partial charge in [0.25, 0.3) is 0 Å². The molecule has 0 atom stereocenters. The largest absolute Gasteiger partial charge is 0.324 e. The summed E-state index contributed by atoms with van der Waals surface area (Å²) in [6, 6.07) is 10.9. The van der Waals surface area contributed by atoms with Crippen LogP contribution in [-0.2, 0) is 0 Å². The number of hydrogen-bond acceptors (Lipinski definition) is 2. The zero-order chi connectivity index (χ0) is 11.4. The number of carbonyl (C=O) groups is 1. The number of thiophene rings is 1. The van der Waals surface area contributed by atoms with E-state index < -0.39 is 0 Å². The molecule has 1 aromatic carbocycles. The highest BCUT2D eigenvalue weighted by atomic mass is 79.9. The summed E-state index contributed by atoms with van der Waals surface area (Å²) in [5, 5.41) is 8.23. The van der Waals surface area contributed by atoms with E-state index in [4.69, 9.17) is 0 Å². The molecule has 0 bridgehead atoms. The molecule has 2 aromatic rings. The molecule has 16 heavy (non-hydrogen) atoms. The fourth-order valence-corrected chi connectivity index (χ4v) is 2.20. The lowest BCUT2D eigenvalue weighted by Crippen LogP contribution is -2.18. The molecular weight excluding hydrogens is 288 g/mol. The number of benzene rings is 1. The number of anilines is 2. The molecule has 0 fully saturated rings. The maximum atomic E-state index is 11.6. The standard InChI is InChI=1S/C11H9BrN2OS/c12-8-3-1-4-9(7-8)13-11(15)14-10-5-2-6-16-10/h1-7H,(H2,13,14,15). The minimum Gasteiger partial charge on any atom is -0.308 e. The number of halogens is 1. The lowest BCUT2D eigenvalue weighted by Gasteiger charge is -2.05. The van der Waals surface area contributed by atoms with E-state index in [1.807, 2.05) is 41.8 Å². The van der Waals surface area contributed by atoms with E-state index >= 15 is 0 Å². The second kappa shape index (κ2) is 5.14. The topological polar surface area (TPSA) is 41.1 Å². The molecule has 0 radical (unpaired) electrons. The van der Waals surface area contributed by atoms with Crippen LogP contribution in [0.5, 0.6) is 0 Å². The fourth-order valence-electron chi connectivity index (χ4n) is 1.19. The molecule has 82 valence electrons. The average Bonchev–Trinajstić information content (AvgIpc) is 2.70. The lowest BCUT2D eigenvalue weighted by molar-refractivity contribution is 0.262. The molecule has 2 amide bonds. The van der Waals surface area contributed by atoms with Crippen LogP contribution in [0.1, 0.15) is 0 Å². The van der Waals surface area contributed by atoms with Gasteiger partial charge >= 0.3 is 6.03 Å². The SMILES string of the molecule is O=C(Nc1cccc(Br)c1)Nc1cccs1. The van der Waals surface area contributed by atoms with Crippen LogP contribution in [0.4, 0.5) is 15.5 Å². The van der Waals surface area contributed by atoms with Crippen molar-refractivity contribution in [2.24, 2.45) is 0 Å². The number of hydrogen-bond donors (Lipinski definition) is 2. The summed E-state index contributed by atoms with van der Waals surface area (Å²) in [5.41, 5.74) is 0.753. The van der Waals surface area contributed by atoms with E-state index in [2.05, 4.69) is 26.6 Å². The minimum atomic E-state index is -0.236. The van der Waals surface area contributed by atoms with Gasteiger partial charge in [0.15, 0.2) is 0 Å². The van der Waals surface area contributed by atoms with Crippen molar-refractivity contribution in [3.63, 3.8) is 0 Å². The van der Waals surface area contributed by atoms with Crippen LogP contribution < -0.4 is 10.6 Å². The van der Waals surface area contributed by atoms with Gasteiger partial charge in [-0.25, -0.2) is 4.79 Å². The van der Waals surface area contributed by atoms with Gasteiger partial charge in [-0.1, -0.05) is 22.0 Å². The number of nitrogens with one attached hydrogen (secondary N) is 2. The van der Waals surface area contributed by atoms with Crippen LogP contribution >= 0.6 is 27.3 Å². The predicted molar refractivity (Wildman–Crippen MR) is 71.1 cm³/mol. The van der Waals surface area contributed by atoms with E-state index in [1.54, 1.807) is 0 Å². The molecule has 0 aliphatic carbocycles. The van der Waals surface area contributed by atoms with Gasteiger partial charge < -0.3 is 5.32 Å². The quantitative estimate of drug-likeness (QED) is 0.858. The van der Waals surface area contributed by atoms with E-state index in [0.717, 1.165) is 15.2 Å². The highest BCUT2D eigenvalue weighted by Gasteiger charge is 2.02. The van der Waals surface area contributed by atoms with Crippen molar-refractivity contribution in [2.45, 2.75) is 0 Å². The summed E-state index contributed by atoms with van der Waals surface area (Å²) in [6.07, 6.45) is 0. The molecule has 0 aliphatic rings. The highest BCUT2D eigenvalue weighted by molar-refractivity contribution is 9.10. The predicted octanol–water partition coefficient (Wildman–Crippen LogP) is 4.15. The Labute approximate surface area is 106 Å². The van der Waals surface area contributed by atoms with Crippen LogP contribution in [-0.4, -0.2) is 6.03 Å². The monoisotopic (exact) mass is 296 g/mol. The Kier molecular flexibility index (Phi) is 3.58. The van der Waals surface area contributed by atoms with Crippen LogP contribution in [0.3, 0.4) is 0 Å². The molecule has 2 rings (SSSR count). The van der Waals surface area contributed by atoms with Crippen molar-refractivity contribution in [1.82, 2.24) is 0 Å². The first-order chi connectivity index (χ1) is 7.74. The van der Waals surface area contributed by atoms with Gasteiger partial charge in [-0.3, -0.25) is 5.32 Å². The molecule has 0 saturated heterocycles. The summed E-state index contributed by atoms with van der Waals surface area (Å²) in [6.45, 7) is 0. The van der Waals surface area contributed by atoms with Crippen molar-refractivity contribution in [3.05, 3.63) is 46.3 Å². The van der Waals surface area contributed by atoms with Gasteiger partial charge in [-0.05, 0) is 35.7 Å². The third-order valence-electron chi connectivity index (χ3n) is 1.84. The molecule has 1 heterocycles. The minimum absolute atomic E-state index is 0.236. The molecule has 2 N–H and O–H groups in total. The zero-order valence-electron chi connectivity index (χ0n) is 8.24. The number of carbonyl (C=O) groups excluding carboxylic acids is 1. The Bertz CT molecular complexity index is 484. The van der Waals surface area contributed by atoms with Crippen molar-refractivity contribution in [1.29, 1.82) is 0 Å². The Morgan fingerprint density at radius 1 is 1.19 bits per heavy atom. The molecule has 5 heteroatoms. The normalized spacial score (nSPS) is 9.81. The van der Waals surface area contributed by atoms with Crippen LogP contribution in [0.25, 0.3) is 0 Å². The highest BCUT2D eigenvalue weighted by Crippen LogP contribution is 2.17. The lowest BCUT2D eigenvalue weighted by atomic mass is 10.3. The maximum absolute atomic E-state index is 11.6. The van der Waals surface area contributed by atoms with Gasteiger partial charge in [-0.15, -0.1) is 11.3 Å². The first-order valence-corrected chi connectivity index (χ1v) is 6.28. The summed E-state index contributed by atoms with van der Waals surface area (Å²) in [5.74, 6) is 0. The van der Waals surface area contributed by atoms with Crippen molar-refractivity contribution >= 4 is 44.0 Å². The maximum Gasteiger partial charge on any atom is 0.324 e. The second-order valence-corrected chi connectivity index (χ2v) is 4.93. The van der Waals surface area contributed by atoms with Crippen LogP contribution in [0, 0.1) is 0 Å². The summed E-state index contributed by atoms with van der Waals surface area (Å²) in [7, 11) is 0. The third-order valence-corrected chi connectivity index (χ3v) is 3.12. The molecule has 0 spiro atoms. The van der Waals surface area contributed by atoms with E-state index in [0.29, 0.717) is 0 Å². The van der Waals surface area contributed by atoms with Gasteiger partial charge in [0.1, 0.15) is 0 Å². The number of rotatable bonds is 2. The average molecular weight is 297 g/mol. The summed E-state index contributed by atoms with van der Waals surface area (Å²) < 4.78 is 0.932. The Hall–Kier alpha value is -1.33. The third kappa shape index (κ3) is 3.08. The van der Waals surface area contributed by atoms with E-state index in [1.165, 1.54) is 11.3 Å². The van der Waals surface area contributed by atoms with Crippen molar-refractivity contribution < 1.29 is 4.79 Å². The van der Waals surface area contributed by atoms with Crippen LogP contribution in [0.2, 0.25) is 0 Å². The Balaban J connectivity index is 1.97. The number of urea groups is 1. The molecule has 0 aliphatic heterocycles. The fraction of sp³-hybridized carbons (Fsp3) is 0. The van der Waals surface area contributed by atoms with Crippen molar-refractivity contribution in [2.75, 3.05) is 10.6 Å². The van der Waals surface area contributed by atoms with E-state index in [9.17, 15) is 4.79 Å².